The van der Waals surface area contributed by atoms with Crippen molar-refractivity contribution in [1.82, 2.24) is 0 Å². The smallest absolute Gasteiger partial charge is 0.0480 e. The molecule has 0 fully saturated rings. The highest BCUT2D eigenvalue weighted by molar-refractivity contribution is 14.1. The summed E-state index contributed by atoms with van der Waals surface area (Å²) in [4.78, 5) is 0. The summed E-state index contributed by atoms with van der Waals surface area (Å²) < 4.78 is 1.62. The fourth-order valence-corrected chi connectivity index (χ4v) is 4.04. The van der Waals surface area contributed by atoms with E-state index in [9.17, 15) is 0 Å². The normalized spacial score (nSPS) is 21.9. The molecule has 0 aromatic heterocycles. The van der Waals surface area contributed by atoms with Crippen molar-refractivity contribution < 1.29 is 0 Å². The Morgan fingerprint density at radius 1 is 1.35 bits per heavy atom. The van der Waals surface area contributed by atoms with Crippen LogP contribution in [-0.2, 0) is 0 Å². The predicted octanol–water partition coefficient (Wildman–Crippen LogP) is 6.17. The Kier molecular flexibility index (Phi) is 7.08. The third-order valence-corrected chi connectivity index (χ3v) is 6.09. The van der Waals surface area contributed by atoms with Gasteiger partial charge < -0.3 is 0 Å². The highest BCUT2D eigenvalue weighted by Gasteiger charge is 2.14. The Hall–Kier alpha value is 0.427. The third kappa shape index (κ3) is 7.45. The van der Waals surface area contributed by atoms with Crippen molar-refractivity contribution in [2.75, 3.05) is 0 Å². The van der Waals surface area contributed by atoms with Gasteiger partial charge in [0.05, 0.1) is 0 Å². The van der Waals surface area contributed by atoms with E-state index < -0.39 is 8.07 Å². The molecule has 0 saturated heterocycles. The molecule has 1 rings (SSSR count). The molecule has 0 heterocycles. The van der Waals surface area contributed by atoms with Crippen molar-refractivity contribution in [2.45, 2.75) is 64.2 Å². The molecular weight excluding hydrogens is 335 g/mol. The van der Waals surface area contributed by atoms with E-state index in [2.05, 4.69) is 60.5 Å². The van der Waals surface area contributed by atoms with E-state index in [0.29, 0.717) is 0 Å². The lowest BCUT2D eigenvalue weighted by Crippen LogP contribution is -2.17. The zero-order valence-corrected chi connectivity index (χ0v) is 14.8. The number of unbranched alkanes of at least 4 members (excludes halogenated alkanes) is 1. The van der Waals surface area contributed by atoms with Gasteiger partial charge >= 0.3 is 0 Å². The summed E-state index contributed by atoms with van der Waals surface area (Å²) in [6, 6.07) is 1.34. The molecule has 0 aliphatic heterocycles. The van der Waals surface area contributed by atoms with E-state index in [1.807, 2.05) is 0 Å². The average Bonchev–Trinajstić information content (AvgIpc) is 2.24. The van der Waals surface area contributed by atoms with Crippen LogP contribution in [0.2, 0.25) is 25.7 Å². The summed E-state index contributed by atoms with van der Waals surface area (Å²) >= 11 is 2.55. The zero-order chi connectivity index (χ0) is 12.7. The Morgan fingerprint density at radius 2 is 2.12 bits per heavy atom. The van der Waals surface area contributed by atoms with Crippen LogP contribution in [-0.4, -0.2) is 8.07 Å². The second-order valence-electron chi connectivity index (χ2n) is 6.38. The molecule has 0 spiro atoms. The molecule has 0 saturated carbocycles. The number of allylic oxidation sites excluding steroid dienone is 4. The molecule has 1 unspecified atom stereocenters. The first-order chi connectivity index (χ1) is 7.99. The first-order valence-corrected chi connectivity index (χ1v) is 11.8. The topological polar surface area (TPSA) is 0 Å². The predicted molar refractivity (Wildman–Crippen MR) is 90.6 cm³/mol. The second kappa shape index (κ2) is 7.77. The van der Waals surface area contributed by atoms with Crippen LogP contribution in [0.25, 0.3) is 0 Å². The van der Waals surface area contributed by atoms with Crippen molar-refractivity contribution in [3.8, 4) is 0 Å². The van der Waals surface area contributed by atoms with Gasteiger partial charge in [0.2, 0.25) is 0 Å². The van der Waals surface area contributed by atoms with Crippen molar-refractivity contribution in [3.05, 3.63) is 21.8 Å². The SMILES string of the molecule is C[Si](C)(C)C/C=C\CCCC1CCCC=C1I. The van der Waals surface area contributed by atoms with Crippen LogP contribution >= 0.6 is 22.6 Å². The lowest BCUT2D eigenvalue weighted by Gasteiger charge is -2.20. The minimum atomic E-state index is -0.858. The Morgan fingerprint density at radius 3 is 2.76 bits per heavy atom. The van der Waals surface area contributed by atoms with E-state index in [-0.39, 0.29) is 0 Å². The Bertz CT molecular complexity index is 273. The van der Waals surface area contributed by atoms with Crippen LogP contribution in [0.5, 0.6) is 0 Å². The van der Waals surface area contributed by atoms with Crippen molar-refractivity contribution >= 4 is 30.7 Å². The van der Waals surface area contributed by atoms with Crippen LogP contribution < -0.4 is 0 Å². The fourth-order valence-electron chi connectivity index (χ4n) is 2.23. The molecule has 0 aromatic carbocycles. The molecule has 17 heavy (non-hydrogen) atoms. The first kappa shape index (κ1) is 15.5. The van der Waals surface area contributed by atoms with E-state index in [1.165, 1.54) is 44.6 Å². The first-order valence-electron chi connectivity index (χ1n) is 6.99. The summed E-state index contributed by atoms with van der Waals surface area (Å²) in [5, 5.41) is 0. The molecular formula is C15H27ISi. The molecule has 0 N–H and O–H groups in total. The average molecular weight is 362 g/mol. The van der Waals surface area contributed by atoms with Crippen molar-refractivity contribution in [2.24, 2.45) is 5.92 Å². The molecule has 1 aliphatic rings. The Labute approximate surface area is 122 Å². The van der Waals surface area contributed by atoms with E-state index in [1.54, 1.807) is 3.58 Å². The van der Waals surface area contributed by atoms with Crippen LogP contribution in [0.4, 0.5) is 0 Å². The number of hydrogen-bond donors (Lipinski definition) is 0. The van der Waals surface area contributed by atoms with Gasteiger partial charge in [-0.25, -0.2) is 0 Å². The van der Waals surface area contributed by atoms with E-state index in [0.717, 1.165) is 5.92 Å². The van der Waals surface area contributed by atoms with Crippen molar-refractivity contribution in [3.63, 3.8) is 0 Å². The van der Waals surface area contributed by atoms with E-state index in [4.69, 9.17) is 0 Å². The maximum atomic E-state index is 2.55. The monoisotopic (exact) mass is 362 g/mol. The minimum absolute atomic E-state index is 0.858. The molecule has 0 radical (unpaired) electrons. The molecule has 2 heteroatoms. The van der Waals surface area contributed by atoms with E-state index >= 15 is 0 Å². The van der Waals surface area contributed by atoms with Gasteiger partial charge in [-0.1, -0.05) is 37.9 Å². The van der Waals surface area contributed by atoms with Gasteiger partial charge in [0, 0.05) is 8.07 Å². The van der Waals surface area contributed by atoms with Crippen LogP contribution in [0.15, 0.2) is 21.8 Å². The molecule has 0 amide bonds. The lowest BCUT2D eigenvalue weighted by molar-refractivity contribution is 0.488. The number of rotatable bonds is 6. The number of hydrogen-bond acceptors (Lipinski definition) is 0. The molecule has 0 bridgehead atoms. The van der Waals surface area contributed by atoms with Gasteiger partial charge in [0.1, 0.15) is 0 Å². The largest absolute Gasteiger partial charge is 0.0912 e. The van der Waals surface area contributed by atoms with Crippen LogP contribution in [0.3, 0.4) is 0 Å². The van der Waals surface area contributed by atoms with Crippen LogP contribution in [0, 0.1) is 5.92 Å². The summed E-state index contributed by atoms with van der Waals surface area (Å²) in [6.07, 6.45) is 15.5. The second-order valence-corrected chi connectivity index (χ2v) is 13.2. The third-order valence-electron chi connectivity index (χ3n) is 3.31. The molecule has 0 aromatic rings. The van der Waals surface area contributed by atoms with Gasteiger partial charge in [0.15, 0.2) is 0 Å². The summed E-state index contributed by atoms with van der Waals surface area (Å²) in [6.45, 7) is 7.31. The molecule has 1 aliphatic carbocycles. The lowest BCUT2D eigenvalue weighted by atomic mass is 9.91. The van der Waals surface area contributed by atoms with Gasteiger partial charge in [-0.05, 0) is 76.7 Å². The molecule has 98 valence electrons. The molecule has 0 nitrogen and oxygen atoms in total. The zero-order valence-electron chi connectivity index (χ0n) is 11.6. The minimum Gasteiger partial charge on any atom is -0.0912 e. The van der Waals surface area contributed by atoms with Crippen LogP contribution in [0.1, 0.15) is 38.5 Å². The summed E-state index contributed by atoms with van der Waals surface area (Å²) in [5.74, 6) is 0.884. The van der Waals surface area contributed by atoms with Gasteiger partial charge in [-0.2, -0.15) is 0 Å². The maximum Gasteiger partial charge on any atom is 0.0480 e. The number of halogens is 1. The summed E-state index contributed by atoms with van der Waals surface area (Å²) in [5.41, 5.74) is 0. The standard InChI is InChI=1S/C15H27ISi/c1-17(2,3)13-9-5-4-6-10-14-11-7-8-12-15(14)16/h5,9,12,14H,4,6-8,10-11,13H2,1-3H3/b9-5-. The van der Waals surface area contributed by atoms with Gasteiger partial charge in [0.25, 0.3) is 0 Å². The van der Waals surface area contributed by atoms with Crippen molar-refractivity contribution in [1.29, 1.82) is 0 Å². The maximum absolute atomic E-state index is 2.55. The molecule has 1 atom stereocenters. The van der Waals surface area contributed by atoms with Gasteiger partial charge in [-0.3, -0.25) is 0 Å². The van der Waals surface area contributed by atoms with Gasteiger partial charge in [-0.15, -0.1) is 0 Å². The quantitative estimate of drug-likeness (QED) is 0.229. The highest BCUT2D eigenvalue weighted by atomic mass is 127. The Balaban J connectivity index is 2.12. The highest BCUT2D eigenvalue weighted by Crippen LogP contribution is 2.33. The summed E-state index contributed by atoms with van der Waals surface area (Å²) in [7, 11) is -0.858. The fraction of sp³-hybridized carbons (Fsp3) is 0.733.